The van der Waals surface area contributed by atoms with Gasteiger partial charge in [-0.2, -0.15) is 0 Å². The molecule has 0 saturated carbocycles. The Morgan fingerprint density at radius 1 is 1.43 bits per heavy atom. The largest absolute Gasteiger partial charge is 0.443 e. The number of nitrogens with two attached hydrogens (primary N) is 1. The summed E-state index contributed by atoms with van der Waals surface area (Å²) in [5, 5.41) is 0. The Morgan fingerprint density at radius 2 is 2.21 bits per heavy atom. The third-order valence-electron chi connectivity index (χ3n) is 2.62. The Hall–Kier alpha value is -1.35. The molecule has 0 aliphatic heterocycles. The van der Waals surface area contributed by atoms with E-state index in [1.807, 2.05) is 18.2 Å². The fourth-order valence-corrected chi connectivity index (χ4v) is 1.40. The van der Waals surface area contributed by atoms with Gasteiger partial charge >= 0.3 is 0 Å². The Kier molecular flexibility index (Phi) is 2.04. The third kappa shape index (κ3) is 1.40. The summed E-state index contributed by atoms with van der Waals surface area (Å²) in [6, 6.07) is 6.02. The molecule has 3 nitrogen and oxygen atoms in total. The fraction of sp³-hybridized carbons (Fsp3) is 0.364. The summed E-state index contributed by atoms with van der Waals surface area (Å²) >= 11 is 0. The van der Waals surface area contributed by atoms with Gasteiger partial charge in [-0.05, 0) is 17.7 Å². The first-order valence-corrected chi connectivity index (χ1v) is 4.67. The number of hydrogen-bond donors (Lipinski definition) is 1. The van der Waals surface area contributed by atoms with E-state index in [0.29, 0.717) is 6.54 Å². The maximum atomic E-state index is 5.71. The van der Waals surface area contributed by atoms with Crippen LogP contribution in [0.4, 0.5) is 0 Å². The number of hydrogen-bond acceptors (Lipinski definition) is 3. The van der Waals surface area contributed by atoms with Gasteiger partial charge in [-0.15, -0.1) is 0 Å². The van der Waals surface area contributed by atoms with E-state index in [-0.39, 0.29) is 5.41 Å². The molecule has 2 aromatic rings. The molecule has 74 valence electrons. The summed E-state index contributed by atoms with van der Waals surface area (Å²) in [4.78, 5) is 4.12. The summed E-state index contributed by atoms with van der Waals surface area (Å²) in [5.41, 5.74) is 8.62. The Bertz CT molecular complexity index is 445. The molecule has 0 aliphatic rings. The molecule has 3 heteroatoms. The average molecular weight is 190 g/mol. The minimum Gasteiger partial charge on any atom is -0.443 e. The molecule has 1 aromatic heterocycles. The van der Waals surface area contributed by atoms with E-state index in [4.69, 9.17) is 10.2 Å². The van der Waals surface area contributed by atoms with Crippen molar-refractivity contribution in [2.24, 2.45) is 5.73 Å². The molecule has 0 spiro atoms. The van der Waals surface area contributed by atoms with Crippen molar-refractivity contribution in [1.29, 1.82) is 0 Å². The third-order valence-corrected chi connectivity index (χ3v) is 2.62. The van der Waals surface area contributed by atoms with E-state index in [1.54, 1.807) is 0 Å². The van der Waals surface area contributed by atoms with Crippen molar-refractivity contribution in [3.8, 4) is 0 Å². The van der Waals surface area contributed by atoms with Gasteiger partial charge in [0.2, 0.25) is 0 Å². The van der Waals surface area contributed by atoms with Gasteiger partial charge in [0.25, 0.3) is 0 Å². The first kappa shape index (κ1) is 9.21. The van der Waals surface area contributed by atoms with Crippen LogP contribution >= 0.6 is 0 Å². The van der Waals surface area contributed by atoms with E-state index < -0.39 is 0 Å². The highest BCUT2D eigenvalue weighted by molar-refractivity contribution is 5.73. The summed E-state index contributed by atoms with van der Waals surface area (Å²) in [5.74, 6) is 0. The predicted molar refractivity (Wildman–Crippen MR) is 56.1 cm³/mol. The molecule has 0 saturated heterocycles. The van der Waals surface area contributed by atoms with Gasteiger partial charge in [-0.1, -0.05) is 19.9 Å². The highest BCUT2D eigenvalue weighted by atomic mass is 16.3. The topological polar surface area (TPSA) is 52.0 Å². The SMILES string of the molecule is CC(C)(CN)c1ccc2ocnc2c1. The molecule has 0 radical (unpaired) electrons. The van der Waals surface area contributed by atoms with Crippen LogP contribution in [0.5, 0.6) is 0 Å². The van der Waals surface area contributed by atoms with Crippen LogP contribution in [0.25, 0.3) is 11.1 Å². The zero-order chi connectivity index (χ0) is 10.2. The van der Waals surface area contributed by atoms with Crippen LogP contribution in [0.1, 0.15) is 19.4 Å². The normalized spacial score (nSPS) is 12.2. The molecule has 1 aromatic carbocycles. The lowest BCUT2D eigenvalue weighted by molar-refractivity contribution is 0.539. The Balaban J connectivity index is 2.53. The minimum absolute atomic E-state index is 0.00681. The second kappa shape index (κ2) is 3.10. The second-order valence-electron chi connectivity index (χ2n) is 4.12. The number of nitrogens with zero attached hydrogens (tertiary/aromatic N) is 1. The van der Waals surface area contributed by atoms with Crippen LogP contribution in [-0.4, -0.2) is 11.5 Å². The highest BCUT2D eigenvalue weighted by Gasteiger charge is 2.18. The monoisotopic (exact) mass is 190 g/mol. The fourth-order valence-electron chi connectivity index (χ4n) is 1.40. The van der Waals surface area contributed by atoms with E-state index >= 15 is 0 Å². The van der Waals surface area contributed by atoms with Crippen LogP contribution in [0.3, 0.4) is 0 Å². The smallest absolute Gasteiger partial charge is 0.181 e. The van der Waals surface area contributed by atoms with Crippen molar-refractivity contribution < 1.29 is 4.42 Å². The molecule has 0 atom stereocenters. The predicted octanol–water partition coefficient (Wildman–Crippen LogP) is 2.06. The van der Waals surface area contributed by atoms with Crippen molar-refractivity contribution in [3.05, 3.63) is 30.2 Å². The second-order valence-corrected chi connectivity index (χ2v) is 4.12. The van der Waals surface area contributed by atoms with Crippen LogP contribution in [0.2, 0.25) is 0 Å². The zero-order valence-electron chi connectivity index (χ0n) is 8.45. The summed E-state index contributed by atoms with van der Waals surface area (Å²) in [6.07, 6.45) is 1.46. The number of aromatic nitrogens is 1. The minimum atomic E-state index is -0.00681. The molecular weight excluding hydrogens is 176 g/mol. The number of oxazole rings is 1. The van der Waals surface area contributed by atoms with E-state index in [0.717, 1.165) is 11.1 Å². The number of benzene rings is 1. The molecule has 0 aliphatic carbocycles. The van der Waals surface area contributed by atoms with E-state index in [9.17, 15) is 0 Å². The summed E-state index contributed by atoms with van der Waals surface area (Å²) < 4.78 is 5.18. The molecule has 0 amide bonds. The first-order valence-electron chi connectivity index (χ1n) is 4.67. The molecule has 2 N–H and O–H groups in total. The van der Waals surface area contributed by atoms with Crippen LogP contribution < -0.4 is 5.73 Å². The maximum absolute atomic E-state index is 5.71. The Morgan fingerprint density at radius 3 is 2.93 bits per heavy atom. The quantitative estimate of drug-likeness (QED) is 0.788. The maximum Gasteiger partial charge on any atom is 0.181 e. The molecule has 0 fully saturated rings. The van der Waals surface area contributed by atoms with Gasteiger partial charge in [0.1, 0.15) is 5.52 Å². The van der Waals surface area contributed by atoms with Crippen molar-refractivity contribution >= 4 is 11.1 Å². The Labute approximate surface area is 82.9 Å². The lowest BCUT2D eigenvalue weighted by atomic mass is 9.85. The van der Waals surface area contributed by atoms with Gasteiger partial charge in [0.15, 0.2) is 12.0 Å². The van der Waals surface area contributed by atoms with Crippen molar-refractivity contribution in [1.82, 2.24) is 4.98 Å². The standard InChI is InChI=1S/C11H14N2O/c1-11(2,6-12)8-3-4-10-9(5-8)13-7-14-10/h3-5,7H,6,12H2,1-2H3. The van der Waals surface area contributed by atoms with Crippen molar-refractivity contribution in [2.75, 3.05) is 6.54 Å². The number of fused-ring (bicyclic) bond motifs is 1. The van der Waals surface area contributed by atoms with Gasteiger partial charge in [-0.3, -0.25) is 0 Å². The number of rotatable bonds is 2. The summed E-state index contributed by atoms with van der Waals surface area (Å²) in [7, 11) is 0. The molecule has 0 unspecified atom stereocenters. The summed E-state index contributed by atoms with van der Waals surface area (Å²) in [6.45, 7) is 4.86. The zero-order valence-corrected chi connectivity index (χ0v) is 8.45. The molecule has 2 rings (SSSR count). The van der Waals surface area contributed by atoms with Crippen molar-refractivity contribution in [3.63, 3.8) is 0 Å². The van der Waals surface area contributed by atoms with Gasteiger partial charge in [0.05, 0.1) is 0 Å². The lowest BCUT2D eigenvalue weighted by Gasteiger charge is -2.22. The van der Waals surface area contributed by atoms with Crippen LogP contribution in [-0.2, 0) is 5.41 Å². The van der Waals surface area contributed by atoms with E-state index in [2.05, 4.69) is 18.8 Å². The molecule has 14 heavy (non-hydrogen) atoms. The van der Waals surface area contributed by atoms with Gasteiger partial charge in [-0.25, -0.2) is 4.98 Å². The van der Waals surface area contributed by atoms with Crippen molar-refractivity contribution in [2.45, 2.75) is 19.3 Å². The van der Waals surface area contributed by atoms with Gasteiger partial charge < -0.3 is 10.2 Å². The lowest BCUT2D eigenvalue weighted by Crippen LogP contribution is -2.27. The van der Waals surface area contributed by atoms with Crippen LogP contribution in [0.15, 0.2) is 29.0 Å². The molecule has 0 bridgehead atoms. The highest BCUT2D eigenvalue weighted by Crippen LogP contribution is 2.24. The molecule has 1 heterocycles. The molecular formula is C11H14N2O. The first-order chi connectivity index (χ1) is 6.63. The van der Waals surface area contributed by atoms with Gasteiger partial charge in [0, 0.05) is 12.0 Å². The van der Waals surface area contributed by atoms with E-state index in [1.165, 1.54) is 12.0 Å². The average Bonchev–Trinajstić information content (AvgIpc) is 2.64. The van der Waals surface area contributed by atoms with Crippen LogP contribution in [0, 0.1) is 0 Å².